The number of aromatic carboxylic acids is 1. The second kappa shape index (κ2) is 5.23. The number of hydrogen-bond donors (Lipinski definition) is 1. The molecule has 0 amide bonds. The Hall–Kier alpha value is -1.81. The lowest BCUT2D eigenvalue weighted by Gasteiger charge is -2.05. The van der Waals surface area contributed by atoms with E-state index in [1.807, 2.05) is 30.5 Å². The molecule has 0 spiro atoms. The van der Waals surface area contributed by atoms with E-state index in [1.165, 1.54) is 12.1 Å². The first-order chi connectivity index (χ1) is 8.61. The molecule has 18 heavy (non-hydrogen) atoms. The van der Waals surface area contributed by atoms with Crippen molar-refractivity contribution in [2.24, 2.45) is 0 Å². The maximum absolute atomic E-state index is 13.6. The predicted molar refractivity (Wildman–Crippen MR) is 70.6 cm³/mol. The van der Waals surface area contributed by atoms with Gasteiger partial charge in [0.2, 0.25) is 0 Å². The first-order valence-electron chi connectivity index (χ1n) is 5.29. The van der Waals surface area contributed by atoms with Crippen molar-refractivity contribution in [3.05, 3.63) is 53.8 Å². The van der Waals surface area contributed by atoms with Crippen molar-refractivity contribution in [3.63, 3.8) is 0 Å². The highest BCUT2D eigenvalue weighted by Gasteiger charge is 2.11. The van der Waals surface area contributed by atoms with Crippen molar-refractivity contribution in [3.8, 4) is 11.1 Å². The third-order valence-corrected chi connectivity index (χ3v) is 3.33. The molecule has 0 fully saturated rings. The van der Waals surface area contributed by atoms with E-state index in [-0.39, 0.29) is 5.56 Å². The summed E-state index contributed by atoms with van der Waals surface area (Å²) in [5.41, 5.74) is 1.24. The number of rotatable bonds is 3. The van der Waals surface area contributed by atoms with Crippen LogP contribution in [0.2, 0.25) is 0 Å². The van der Waals surface area contributed by atoms with E-state index < -0.39 is 11.8 Å². The molecular weight excluding hydrogens is 251 g/mol. The molecule has 92 valence electrons. The molecule has 0 heterocycles. The van der Waals surface area contributed by atoms with Gasteiger partial charge in [0.05, 0.1) is 5.56 Å². The van der Waals surface area contributed by atoms with Crippen LogP contribution in [-0.2, 0) is 0 Å². The van der Waals surface area contributed by atoms with Crippen molar-refractivity contribution in [1.29, 1.82) is 0 Å². The first kappa shape index (κ1) is 12.6. The molecule has 0 unspecified atom stereocenters. The van der Waals surface area contributed by atoms with Crippen LogP contribution in [0, 0.1) is 5.82 Å². The summed E-state index contributed by atoms with van der Waals surface area (Å²) >= 11 is 1.60. The second-order valence-corrected chi connectivity index (χ2v) is 4.61. The molecule has 0 aliphatic heterocycles. The Morgan fingerprint density at radius 2 is 1.89 bits per heavy atom. The van der Waals surface area contributed by atoms with E-state index in [1.54, 1.807) is 17.8 Å². The van der Waals surface area contributed by atoms with Crippen LogP contribution in [0.4, 0.5) is 4.39 Å². The van der Waals surface area contributed by atoms with Gasteiger partial charge in [0.15, 0.2) is 0 Å². The monoisotopic (exact) mass is 262 g/mol. The maximum atomic E-state index is 13.6. The van der Waals surface area contributed by atoms with Gasteiger partial charge in [0, 0.05) is 4.90 Å². The fraction of sp³-hybridized carbons (Fsp3) is 0.0714. The Balaban J connectivity index is 2.45. The zero-order valence-corrected chi connectivity index (χ0v) is 10.5. The highest BCUT2D eigenvalue weighted by molar-refractivity contribution is 7.98. The van der Waals surface area contributed by atoms with Crippen LogP contribution in [-0.4, -0.2) is 17.3 Å². The summed E-state index contributed by atoms with van der Waals surface area (Å²) in [6.07, 6.45) is 1.97. The molecule has 0 atom stereocenters. The minimum absolute atomic E-state index is 0.306. The van der Waals surface area contributed by atoms with E-state index in [0.29, 0.717) is 5.56 Å². The van der Waals surface area contributed by atoms with Gasteiger partial charge in [-0.15, -0.1) is 11.8 Å². The van der Waals surface area contributed by atoms with Gasteiger partial charge in [-0.2, -0.15) is 0 Å². The average molecular weight is 262 g/mol. The van der Waals surface area contributed by atoms with Crippen LogP contribution in [0.5, 0.6) is 0 Å². The lowest BCUT2D eigenvalue weighted by atomic mass is 10.0. The molecule has 2 nitrogen and oxygen atoms in total. The summed E-state index contributed by atoms with van der Waals surface area (Å²) in [7, 11) is 0. The van der Waals surface area contributed by atoms with Crippen LogP contribution in [0.3, 0.4) is 0 Å². The summed E-state index contributed by atoms with van der Waals surface area (Å²) < 4.78 is 13.6. The number of carbonyl (C=O) groups is 1. The molecule has 0 radical (unpaired) electrons. The summed E-state index contributed by atoms with van der Waals surface area (Å²) in [5, 5.41) is 8.77. The van der Waals surface area contributed by atoms with Crippen molar-refractivity contribution in [2.75, 3.05) is 6.26 Å². The third kappa shape index (κ3) is 2.54. The molecule has 2 aromatic carbocycles. The molecule has 0 aromatic heterocycles. The fourth-order valence-corrected chi connectivity index (χ4v) is 2.13. The maximum Gasteiger partial charge on any atom is 0.338 e. The summed E-state index contributed by atoms with van der Waals surface area (Å²) in [6, 6.07) is 11.8. The van der Waals surface area contributed by atoms with Gasteiger partial charge < -0.3 is 5.11 Å². The summed E-state index contributed by atoms with van der Waals surface area (Å²) in [5.74, 6) is -1.97. The van der Waals surface area contributed by atoms with Gasteiger partial charge in [-0.3, -0.25) is 0 Å². The Morgan fingerprint density at radius 1 is 1.17 bits per heavy atom. The number of hydrogen-bond acceptors (Lipinski definition) is 2. The number of halogens is 1. The van der Waals surface area contributed by atoms with Crippen LogP contribution >= 0.6 is 11.8 Å². The van der Waals surface area contributed by atoms with Crippen LogP contribution in [0.1, 0.15) is 10.4 Å². The SMILES string of the molecule is CSc1cccc(-c2ccc(C(=O)O)c(F)c2)c1. The van der Waals surface area contributed by atoms with Crippen LogP contribution < -0.4 is 0 Å². The quantitative estimate of drug-likeness (QED) is 0.852. The Morgan fingerprint density at radius 3 is 2.50 bits per heavy atom. The van der Waals surface area contributed by atoms with E-state index in [4.69, 9.17) is 5.11 Å². The molecule has 0 aliphatic rings. The normalized spacial score (nSPS) is 10.3. The molecule has 0 saturated carbocycles. The molecule has 2 aromatic rings. The van der Waals surface area contributed by atoms with Crippen molar-refractivity contribution in [2.45, 2.75) is 4.90 Å². The molecule has 0 bridgehead atoms. The van der Waals surface area contributed by atoms with E-state index in [9.17, 15) is 9.18 Å². The average Bonchev–Trinajstić information content (AvgIpc) is 2.38. The number of thioether (sulfide) groups is 1. The second-order valence-electron chi connectivity index (χ2n) is 3.73. The van der Waals surface area contributed by atoms with Gasteiger partial charge in [-0.1, -0.05) is 18.2 Å². The summed E-state index contributed by atoms with van der Waals surface area (Å²) in [4.78, 5) is 11.8. The van der Waals surface area contributed by atoms with Crippen molar-refractivity contribution in [1.82, 2.24) is 0 Å². The lowest BCUT2D eigenvalue weighted by Crippen LogP contribution is -2.00. The zero-order valence-electron chi connectivity index (χ0n) is 9.68. The molecule has 0 saturated heterocycles. The van der Waals surface area contributed by atoms with Crippen molar-refractivity contribution < 1.29 is 14.3 Å². The Labute approximate surface area is 108 Å². The number of benzene rings is 2. The molecule has 1 N–H and O–H groups in total. The van der Waals surface area contributed by atoms with Gasteiger partial charge in [-0.25, -0.2) is 9.18 Å². The minimum atomic E-state index is -1.25. The smallest absolute Gasteiger partial charge is 0.338 e. The van der Waals surface area contributed by atoms with Gasteiger partial charge in [-0.05, 0) is 41.6 Å². The minimum Gasteiger partial charge on any atom is -0.478 e. The van der Waals surface area contributed by atoms with E-state index in [0.717, 1.165) is 10.5 Å². The van der Waals surface area contributed by atoms with Crippen LogP contribution in [0.25, 0.3) is 11.1 Å². The highest BCUT2D eigenvalue weighted by atomic mass is 32.2. The number of carboxylic acids is 1. The van der Waals surface area contributed by atoms with Gasteiger partial charge in [0.25, 0.3) is 0 Å². The zero-order chi connectivity index (χ0) is 13.1. The Bertz CT molecular complexity index is 596. The van der Waals surface area contributed by atoms with E-state index in [2.05, 4.69) is 0 Å². The largest absolute Gasteiger partial charge is 0.478 e. The topological polar surface area (TPSA) is 37.3 Å². The molecule has 2 rings (SSSR count). The third-order valence-electron chi connectivity index (χ3n) is 2.60. The van der Waals surface area contributed by atoms with Crippen molar-refractivity contribution >= 4 is 17.7 Å². The van der Waals surface area contributed by atoms with Gasteiger partial charge in [0.1, 0.15) is 5.82 Å². The standard InChI is InChI=1S/C14H11FO2S/c1-18-11-4-2-3-9(7-11)10-5-6-12(14(16)17)13(15)8-10/h2-8H,1H3,(H,16,17). The lowest BCUT2D eigenvalue weighted by molar-refractivity contribution is 0.0692. The fourth-order valence-electron chi connectivity index (χ4n) is 1.67. The first-order valence-corrected chi connectivity index (χ1v) is 6.51. The molecular formula is C14H11FO2S. The number of carboxylic acid groups (broad SMARTS) is 1. The van der Waals surface area contributed by atoms with E-state index >= 15 is 0 Å². The highest BCUT2D eigenvalue weighted by Crippen LogP contribution is 2.25. The Kier molecular flexibility index (Phi) is 3.67. The predicted octanol–water partition coefficient (Wildman–Crippen LogP) is 3.91. The summed E-state index contributed by atoms with van der Waals surface area (Å²) in [6.45, 7) is 0. The molecule has 0 aliphatic carbocycles. The molecule has 4 heteroatoms. The van der Waals surface area contributed by atoms with Crippen LogP contribution in [0.15, 0.2) is 47.4 Å². The van der Waals surface area contributed by atoms with Gasteiger partial charge >= 0.3 is 5.97 Å².